The lowest BCUT2D eigenvalue weighted by molar-refractivity contribution is 0.349. The molecule has 1 aliphatic heterocycles. The number of anilines is 1. The molecule has 0 aliphatic carbocycles. The molecule has 1 aliphatic rings. The molecule has 1 aromatic carbocycles. The SMILES string of the molecule is Cc1ccc(S(N)(=O)=O)cc1NS(=O)(=O)N1CCCCC1. The second-order valence-electron chi connectivity index (χ2n) is 5.09. The van der Waals surface area contributed by atoms with Crippen molar-refractivity contribution < 1.29 is 16.8 Å². The number of sulfonamides is 1. The zero-order valence-corrected chi connectivity index (χ0v) is 13.4. The van der Waals surface area contributed by atoms with E-state index in [9.17, 15) is 16.8 Å². The molecule has 0 atom stereocenters. The molecule has 1 fully saturated rings. The maximum atomic E-state index is 12.3. The highest BCUT2D eigenvalue weighted by Crippen LogP contribution is 2.22. The lowest BCUT2D eigenvalue weighted by Gasteiger charge is -2.26. The Kier molecular flexibility index (Phi) is 4.57. The summed E-state index contributed by atoms with van der Waals surface area (Å²) < 4.78 is 51.1. The number of benzene rings is 1. The minimum absolute atomic E-state index is 0.121. The molecule has 21 heavy (non-hydrogen) atoms. The van der Waals surface area contributed by atoms with Crippen molar-refractivity contribution in [1.29, 1.82) is 0 Å². The van der Waals surface area contributed by atoms with Gasteiger partial charge in [-0.3, -0.25) is 4.72 Å². The molecule has 0 saturated carbocycles. The summed E-state index contributed by atoms with van der Waals surface area (Å²) >= 11 is 0. The average Bonchev–Trinajstić information content (AvgIpc) is 2.41. The molecule has 0 radical (unpaired) electrons. The van der Waals surface area contributed by atoms with Crippen LogP contribution in [-0.2, 0) is 20.2 Å². The molecule has 7 nitrogen and oxygen atoms in total. The molecule has 2 rings (SSSR count). The summed E-state index contributed by atoms with van der Waals surface area (Å²) in [4.78, 5) is -0.121. The van der Waals surface area contributed by atoms with E-state index < -0.39 is 20.2 Å². The smallest absolute Gasteiger partial charge is 0.271 e. The van der Waals surface area contributed by atoms with Crippen LogP contribution in [0.4, 0.5) is 5.69 Å². The Labute approximate surface area is 125 Å². The quantitative estimate of drug-likeness (QED) is 0.848. The number of nitrogens with zero attached hydrogens (tertiary/aromatic N) is 1. The zero-order valence-electron chi connectivity index (χ0n) is 11.7. The first-order chi connectivity index (χ1) is 9.70. The molecule has 0 spiro atoms. The Bertz CT molecular complexity index is 723. The zero-order chi connectivity index (χ0) is 15.7. The van der Waals surface area contributed by atoms with Crippen molar-refractivity contribution in [3.8, 4) is 0 Å². The summed E-state index contributed by atoms with van der Waals surface area (Å²) in [7, 11) is -7.54. The Morgan fingerprint density at radius 1 is 1.10 bits per heavy atom. The Hall–Kier alpha value is -1.16. The van der Waals surface area contributed by atoms with Gasteiger partial charge in [0.1, 0.15) is 0 Å². The Morgan fingerprint density at radius 2 is 1.71 bits per heavy atom. The third kappa shape index (κ3) is 3.94. The van der Waals surface area contributed by atoms with Crippen LogP contribution in [0.2, 0.25) is 0 Å². The number of nitrogens with two attached hydrogens (primary N) is 1. The maximum absolute atomic E-state index is 12.3. The van der Waals surface area contributed by atoms with E-state index in [0.29, 0.717) is 18.7 Å². The predicted molar refractivity (Wildman–Crippen MR) is 80.5 cm³/mol. The van der Waals surface area contributed by atoms with Crippen LogP contribution in [-0.4, -0.2) is 34.2 Å². The van der Waals surface area contributed by atoms with Gasteiger partial charge in [-0.1, -0.05) is 12.5 Å². The molecule has 1 aromatic rings. The number of primary sulfonamides is 1. The first-order valence-corrected chi connectivity index (χ1v) is 9.60. The van der Waals surface area contributed by atoms with Crippen molar-refractivity contribution in [3.05, 3.63) is 23.8 Å². The average molecular weight is 333 g/mol. The topological polar surface area (TPSA) is 110 Å². The molecule has 1 heterocycles. The van der Waals surface area contributed by atoms with Crippen LogP contribution in [0.3, 0.4) is 0 Å². The number of aryl methyl sites for hydroxylation is 1. The summed E-state index contributed by atoms with van der Waals surface area (Å²) in [5.74, 6) is 0. The summed E-state index contributed by atoms with van der Waals surface area (Å²) in [6, 6.07) is 4.11. The molecule has 0 unspecified atom stereocenters. The van der Waals surface area contributed by atoms with E-state index in [-0.39, 0.29) is 10.6 Å². The van der Waals surface area contributed by atoms with Gasteiger partial charge in [0.2, 0.25) is 10.0 Å². The summed E-state index contributed by atoms with van der Waals surface area (Å²) in [5, 5.41) is 5.07. The van der Waals surface area contributed by atoms with Gasteiger partial charge in [0, 0.05) is 13.1 Å². The van der Waals surface area contributed by atoms with Gasteiger partial charge in [-0.05, 0) is 37.5 Å². The Balaban J connectivity index is 2.30. The van der Waals surface area contributed by atoms with E-state index >= 15 is 0 Å². The highest BCUT2D eigenvalue weighted by molar-refractivity contribution is 7.90. The highest BCUT2D eigenvalue weighted by Gasteiger charge is 2.24. The summed E-state index contributed by atoms with van der Waals surface area (Å²) in [6.45, 7) is 2.65. The fourth-order valence-electron chi connectivity index (χ4n) is 2.20. The van der Waals surface area contributed by atoms with Crippen LogP contribution in [0.25, 0.3) is 0 Å². The van der Waals surface area contributed by atoms with E-state index in [1.54, 1.807) is 6.92 Å². The molecule has 1 saturated heterocycles. The van der Waals surface area contributed by atoms with E-state index in [4.69, 9.17) is 5.14 Å². The first-order valence-electron chi connectivity index (χ1n) is 6.61. The van der Waals surface area contributed by atoms with Crippen LogP contribution in [0, 0.1) is 6.92 Å². The lowest BCUT2D eigenvalue weighted by atomic mass is 10.2. The van der Waals surface area contributed by atoms with Gasteiger partial charge in [-0.2, -0.15) is 12.7 Å². The molecule has 9 heteroatoms. The van der Waals surface area contributed by atoms with E-state index in [1.807, 2.05) is 0 Å². The number of piperidine rings is 1. The highest BCUT2D eigenvalue weighted by atomic mass is 32.2. The van der Waals surface area contributed by atoms with Gasteiger partial charge in [0.05, 0.1) is 10.6 Å². The first kappa shape index (κ1) is 16.2. The number of hydrogen-bond acceptors (Lipinski definition) is 4. The fraction of sp³-hybridized carbons (Fsp3) is 0.500. The molecule has 0 bridgehead atoms. The normalized spacial score (nSPS) is 17.6. The van der Waals surface area contributed by atoms with Crippen LogP contribution < -0.4 is 9.86 Å². The fourth-order valence-corrected chi connectivity index (χ4v) is 4.10. The van der Waals surface area contributed by atoms with Crippen molar-refractivity contribution in [2.45, 2.75) is 31.1 Å². The largest absolute Gasteiger partial charge is 0.301 e. The molecular weight excluding hydrogens is 314 g/mol. The van der Waals surface area contributed by atoms with Crippen molar-refractivity contribution in [3.63, 3.8) is 0 Å². The van der Waals surface area contributed by atoms with Gasteiger partial charge in [-0.15, -0.1) is 0 Å². The third-order valence-electron chi connectivity index (χ3n) is 3.43. The van der Waals surface area contributed by atoms with Gasteiger partial charge in [-0.25, -0.2) is 13.6 Å². The van der Waals surface area contributed by atoms with Crippen LogP contribution in [0.1, 0.15) is 24.8 Å². The van der Waals surface area contributed by atoms with Crippen molar-refractivity contribution in [2.24, 2.45) is 5.14 Å². The second kappa shape index (κ2) is 5.91. The van der Waals surface area contributed by atoms with Crippen LogP contribution in [0.5, 0.6) is 0 Å². The maximum Gasteiger partial charge on any atom is 0.301 e. The third-order valence-corrected chi connectivity index (χ3v) is 5.87. The summed E-state index contributed by atoms with van der Waals surface area (Å²) in [5.41, 5.74) is 0.857. The van der Waals surface area contributed by atoms with E-state index in [0.717, 1.165) is 19.3 Å². The molecule has 118 valence electrons. The number of hydrogen-bond donors (Lipinski definition) is 2. The van der Waals surface area contributed by atoms with Gasteiger partial charge in [0.25, 0.3) is 0 Å². The Morgan fingerprint density at radius 3 is 2.29 bits per heavy atom. The lowest BCUT2D eigenvalue weighted by Crippen LogP contribution is -2.39. The van der Waals surface area contributed by atoms with Crippen molar-refractivity contribution >= 4 is 25.9 Å². The predicted octanol–water partition coefficient (Wildman–Crippen LogP) is 0.785. The van der Waals surface area contributed by atoms with Crippen molar-refractivity contribution in [1.82, 2.24) is 4.31 Å². The van der Waals surface area contributed by atoms with Crippen LogP contribution >= 0.6 is 0 Å². The van der Waals surface area contributed by atoms with Gasteiger partial charge < -0.3 is 0 Å². The van der Waals surface area contributed by atoms with E-state index in [2.05, 4.69) is 4.72 Å². The molecular formula is C12H19N3O4S2. The second-order valence-corrected chi connectivity index (χ2v) is 8.32. The van der Waals surface area contributed by atoms with Crippen LogP contribution in [0.15, 0.2) is 23.1 Å². The number of nitrogens with one attached hydrogen (secondary N) is 1. The standard InChI is InChI=1S/C12H19N3O4S2/c1-10-5-6-11(20(13,16)17)9-12(10)14-21(18,19)15-7-3-2-4-8-15/h5-6,9,14H,2-4,7-8H2,1H3,(H2,13,16,17). The van der Waals surface area contributed by atoms with Gasteiger partial charge >= 0.3 is 10.2 Å². The summed E-state index contributed by atoms with van der Waals surface area (Å²) in [6.07, 6.45) is 2.68. The minimum atomic E-state index is -3.87. The monoisotopic (exact) mass is 333 g/mol. The van der Waals surface area contributed by atoms with E-state index in [1.165, 1.54) is 22.5 Å². The molecule has 3 N–H and O–H groups in total. The van der Waals surface area contributed by atoms with Crippen molar-refractivity contribution in [2.75, 3.05) is 17.8 Å². The minimum Gasteiger partial charge on any atom is -0.271 e. The molecule has 0 amide bonds. The number of rotatable bonds is 4. The van der Waals surface area contributed by atoms with Gasteiger partial charge in [0.15, 0.2) is 0 Å². The molecule has 0 aromatic heterocycles.